The minimum atomic E-state index is -0.711. The van der Waals surface area contributed by atoms with Gasteiger partial charge in [-0.2, -0.15) is 4.98 Å². The van der Waals surface area contributed by atoms with Crippen molar-refractivity contribution in [1.29, 1.82) is 0 Å². The molecule has 0 radical (unpaired) electrons. The first-order valence-corrected chi connectivity index (χ1v) is 9.13. The van der Waals surface area contributed by atoms with Gasteiger partial charge in [-0.05, 0) is 36.4 Å². The Morgan fingerprint density at radius 2 is 1.97 bits per heavy atom. The molecule has 150 valence electrons. The van der Waals surface area contributed by atoms with Gasteiger partial charge in [0.1, 0.15) is 5.75 Å². The summed E-state index contributed by atoms with van der Waals surface area (Å²) in [6.45, 7) is 0. The van der Waals surface area contributed by atoms with Crippen LogP contribution in [0.1, 0.15) is 10.5 Å². The minimum Gasteiger partial charge on any atom is -0.496 e. The molecule has 1 amide bonds. The number of benzene rings is 2. The molecule has 0 unspecified atom stereocenters. The van der Waals surface area contributed by atoms with Crippen LogP contribution in [-0.4, -0.2) is 28.1 Å². The summed E-state index contributed by atoms with van der Waals surface area (Å²) in [6.07, 6.45) is 1.34. The maximum absolute atomic E-state index is 13.8. The summed E-state index contributed by atoms with van der Waals surface area (Å²) >= 11 is 6.18. The first kappa shape index (κ1) is 19.5. The summed E-state index contributed by atoms with van der Waals surface area (Å²) in [4.78, 5) is 20.4. The zero-order valence-electron chi connectivity index (χ0n) is 15.6. The van der Waals surface area contributed by atoms with Crippen molar-refractivity contribution in [2.45, 2.75) is 0 Å². The molecule has 0 saturated carbocycles. The second-order valence-electron chi connectivity index (χ2n) is 6.11. The molecule has 0 atom stereocenters. The molecule has 0 aliphatic carbocycles. The van der Waals surface area contributed by atoms with Crippen molar-refractivity contribution in [2.24, 2.45) is 0 Å². The van der Waals surface area contributed by atoms with Crippen LogP contribution in [0.2, 0.25) is 5.02 Å². The number of methoxy groups -OCH3 is 1. The summed E-state index contributed by atoms with van der Waals surface area (Å²) in [5.41, 5.74) is 1.24. The number of nitrogens with one attached hydrogen (secondary N) is 1. The number of carbonyl (C=O) groups is 1. The van der Waals surface area contributed by atoms with Crippen molar-refractivity contribution in [3.63, 3.8) is 0 Å². The first-order valence-electron chi connectivity index (χ1n) is 8.75. The lowest BCUT2D eigenvalue weighted by molar-refractivity contribution is 0.101. The zero-order valence-corrected chi connectivity index (χ0v) is 16.4. The van der Waals surface area contributed by atoms with Gasteiger partial charge in [0.05, 0.1) is 23.3 Å². The van der Waals surface area contributed by atoms with Crippen LogP contribution in [0.25, 0.3) is 22.8 Å². The standard InChI is InChI=1S/C21H14ClFN4O3/c1-29-17-11-12(25-20(28)18-16(23)7-4-10-24-18)8-9-14(17)19-26-21(30-27-19)13-5-2-3-6-15(13)22/h2-11H,1H3,(H,25,28). The molecule has 4 rings (SSSR count). The summed E-state index contributed by atoms with van der Waals surface area (Å²) in [5, 5.41) is 7.06. The fourth-order valence-corrected chi connectivity index (χ4v) is 2.99. The average Bonchev–Trinajstić information content (AvgIpc) is 3.24. The average molecular weight is 425 g/mol. The van der Waals surface area contributed by atoms with Crippen molar-refractivity contribution in [2.75, 3.05) is 12.4 Å². The molecule has 0 fully saturated rings. The van der Waals surface area contributed by atoms with Crippen molar-refractivity contribution >= 4 is 23.2 Å². The number of aromatic nitrogens is 3. The monoisotopic (exact) mass is 424 g/mol. The Morgan fingerprint density at radius 3 is 2.73 bits per heavy atom. The van der Waals surface area contributed by atoms with Crippen LogP contribution in [0.5, 0.6) is 5.75 Å². The fraction of sp³-hybridized carbons (Fsp3) is 0.0476. The van der Waals surface area contributed by atoms with Gasteiger partial charge in [-0.1, -0.05) is 28.9 Å². The van der Waals surface area contributed by atoms with Crippen molar-refractivity contribution in [3.8, 4) is 28.6 Å². The number of hydrogen-bond acceptors (Lipinski definition) is 6. The molecule has 1 N–H and O–H groups in total. The molecule has 2 aromatic carbocycles. The van der Waals surface area contributed by atoms with Gasteiger partial charge >= 0.3 is 0 Å². The van der Waals surface area contributed by atoms with Crippen molar-refractivity contribution in [1.82, 2.24) is 15.1 Å². The summed E-state index contributed by atoms with van der Waals surface area (Å²) in [6, 6.07) is 14.5. The van der Waals surface area contributed by atoms with E-state index < -0.39 is 11.7 Å². The van der Waals surface area contributed by atoms with E-state index in [0.717, 1.165) is 0 Å². The molecule has 0 aliphatic heterocycles. The SMILES string of the molecule is COc1cc(NC(=O)c2ncccc2F)ccc1-c1noc(-c2ccccc2Cl)n1. The number of carbonyl (C=O) groups excluding carboxylic acids is 1. The van der Waals surface area contributed by atoms with Gasteiger partial charge < -0.3 is 14.6 Å². The molecule has 4 aromatic rings. The molecule has 2 aromatic heterocycles. The third kappa shape index (κ3) is 3.85. The first-order chi connectivity index (χ1) is 14.6. The Labute approximate surface area is 175 Å². The van der Waals surface area contributed by atoms with Crippen LogP contribution in [0.3, 0.4) is 0 Å². The van der Waals surface area contributed by atoms with E-state index in [2.05, 4.69) is 20.4 Å². The number of pyridine rings is 1. The topological polar surface area (TPSA) is 90.1 Å². The smallest absolute Gasteiger partial charge is 0.277 e. The summed E-state index contributed by atoms with van der Waals surface area (Å²) in [7, 11) is 1.47. The molecular weight excluding hydrogens is 411 g/mol. The molecule has 7 nitrogen and oxygen atoms in total. The number of hydrogen-bond donors (Lipinski definition) is 1. The molecule has 9 heteroatoms. The molecule has 30 heavy (non-hydrogen) atoms. The highest BCUT2D eigenvalue weighted by Crippen LogP contribution is 2.33. The van der Waals surface area contributed by atoms with Gasteiger partial charge in [0.2, 0.25) is 5.82 Å². The van der Waals surface area contributed by atoms with Gasteiger partial charge in [0.15, 0.2) is 11.5 Å². The molecule has 0 aliphatic rings. The molecule has 0 bridgehead atoms. The molecule has 0 saturated heterocycles. The maximum Gasteiger partial charge on any atom is 0.277 e. The van der Waals surface area contributed by atoms with E-state index in [1.165, 1.54) is 25.4 Å². The van der Waals surface area contributed by atoms with E-state index in [-0.39, 0.29) is 17.4 Å². The van der Waals surface area contributed by atoms with Gasteiger partial charge in [-0.25, -0.2) is 9.37 Å². The fourth-order valence-electron chi connectivity index (χ4n) is 2.77. The minimum absolute atomic E-state index is 0.264. The van der Waals surface area contributed by atoms with Gasteiger partial charge in [-0.15, -0.1) is 0 Å². The van der Waals surface area contributed by atoms with E-state index in [1.54, 1.807) is 36.4 Å². The predicted molar refractivity (Wildman–Crippen MR) is 109 cm³/mol. The van der Waals surface area contributed by atoms with Crippen LogP contribution in [0.4, 0.5) is 10.1 Å². The van der Waals surface area contributed by atoms with Gasteiger partial charge in [0.25, 0.3) is 11.8 Å². The number of amides is 1. The van der Waals surface area contributed by atoms with Gasteiger partial charge in [0, 0.05) is 18.0 Å². The van der Waals surface area contributed by atoms with Crippen LogP contribution in [0.15, 0.2) is 65.3 Å². The number of anilines is 1. The Bertz CT molecular complexity index is 1230. The lowest BCUT2D eigenvalue weighted by Gasteiger charge is -2.09. The third-order valence-corrected chi connectivity index (χ3v) is 4.53. The highest BCUT2D eigenvalue weighted by atomic mass is 35.5. The Kier molecular flexibility index (Phi) is 5.40. The highest BCUT2D eigenvalue weighted by molar-refractivity contribution is 6.33. The van der Waals surface area contributed by atoms with E-state index in [9.17, 15) is 9.18 Å². The quantitative estimate of drug-likeness (QED) is 0.492. The predicted octanol–water partition coefficient (Wildman–Crippen LogP) is 4.85. The second kappa shape index (κ2) is 8.30. The number of rotatable bonds is 5. The maximum atomic E-state index is 13.8. The molecule has 0 spiro atoms. The van der Waals surface area contributed by atoms with Gasteiger partial charge in [-0.3, -0.25) is 4.79 Å². The summed E-state index contributed by atoms with van der Waals surface area (Å²) in [5.74, 6) is -0.446. The lowest BCUT2D eigenvalue weighted by atomic mass is 10.1. The van der Waals surface area contributed by atoms with Crippen LogP contribution in [-0.2, 0) is 0 Å². The van der Waals surface area contributed by atoms with Crippen LogP contribution >= 0.6 is 11.6 Å². The molecular formula is C21H14ClFN4O3. The summed E-state index contributed by atoms with van der Waals surface area (Å²) < 4.78 is 24.5. The number of nitrogens with zero attached hydrogens (tertiary/aromatic N) is 3. The number of halogens is 2. The largest absolute Gasteiger partial charge is 0.496 e. The van der Waals surface area contributed by atoms with E-state index in [0.29, 0.717) is 27.6 Å². The second-order valence-corrected chi connectivity index (χ2v) is 6.51. The van der Waals surface area contributed by atoms with E-state index in [1.807, 2.05) is 6.07 Å². The van der Waals surface area contributed by atoms with Crippen LogP contribution in [0, 0.1) is 5.82 Å². The van der Waals surface area contributed by atoms with Crippen molar-refractivity contribution in [3.05, 3.63) is 77.3 Å². The third-order valence-electron chi connectivity index (χ3n) is 4.20. The zero-order chi connectivity index (χ0) is 21.1. The Balaban J connectivity index is 1.61. The van der Waals surface area contributed by atoms with E-state index in [4.69, 9.17) is 20.9 Å². The Hall–Kier alpha value is -3.78. The molecule has 2 heterocycles. The normalized spacial score (nSPS) is 10.6. The lowest BCUT2D eigenvalue weighted by Crippen LogP contribution is -2.15. The highest BCUT2D eigenvalue weighted by Gasteiger charge is 2.18. The van der Waals surface area contributed by atoms with Crippen molar-refractivity contribution < 1.29 is 18.4 Å². The van der Waals surface area contributed by atoms with Crippen LogP contribution < -0.4 is 10.1 Å². The van der Waals surface area contributed by atoms with E-state index >= 15 is 0 Å². The number of ether oxygens (including phenoxy) is 1. The Morgan fingerprint density at radius 1 is 1.13 bits per heavy atom.